The van der Waals surface area contributed by atoms with Gasteiger partial charge in [0.1, 0.15) is 5.75 Å². The molecule has 1 aliphatic heterocycles. The highest BCUT2D eigenvalue weighted by Crippen LogP contribution is 2.32. The highest BCUT2D eigenvalue weighted by molar-refractivity contribution is 5.38. The van der Waals surface area contributed by atoms with Gasteiger partial charge in [0.15, 0.2) is 5.79 Å². The second-order valence-corrected chi connectivity index (χ2v) is 6.19. The normalized spacial score (nSPS) is 28.3. The number of phenolic OH excluding ortho intramolecular Hbond substituents is 1. The van der Waals surface area contributed by atoms with Crippen LogP contribution in [0.2, 0.25) is 0 Å². The number of benzene rings is 1. The van der Waals surface area contributed by atoms with Crippen molar-refractivity contribution in [2.45, 2.75) is 51.0 Å². The van der Waals surface area contributed by atoms with Crippen LogP contribution in [0.25, 0.3) is 0 Å². The van der Waals surface area contributed by atoms with Crippen molar-refractivity contribution in [2.24, 2.45) is 0 Å². The van der Waals surface area contributed by atoms with Crippen molar-refractivity contribution < 1.29 is 14.6 Å². The number of rotatable bonds is 3. The summed E-state index contributed by atoms with van der Waals surface area (Å²) in [7, 11) is 0. The summed E-state index contributed by atoms with van der Waals surface area (Å²) in [6.07, 6.45) is 3.46. The minimum Gasteiger partial charge on any atom is -0.508 e. The summed E-state index contributed by atoms with van der Waals surface area (Å²) in [4.78, 5) is 0. The van der Waals surface area contributed by atoms with Crippen LogP contribution < -0.4 is 5.32 Å². The average Bonchev–Trinajstić information content (AvgIpc) is 2.75. The third-order valence-electron chi connectivity index (χ3n) is 4.10. The topological polar surface area (TPSA) is 50.7 Å². The maximum Gasteiger partial charge on any atom is 0.163 e. The van der Waals surface area contributed by atoms with Crippen LogP contribution in [0.15, 0.2) is 18.2 Å². The zero-order chi connectivity index (χ0) is 14.2. The van der Waals surface area contributed by atoms with E-state index < -0.39 is 5.79 Å². The number of aromatic hydroxyl groups is 1. The Balaban J connectivity index is 1.62. The SMILES string of the molecule is CC1(C)OCC(CNC2CCCc3cc(O)ccc32)O1. The van der Waals surface area contributed by atoms with E-state index in [0.717, 1.165) is 25.8 Å². The molecule has 2 N–H and O–H groups in total. The summed E-state index contributed by atoms with van der Waals surface area (Å²) in [5, 5.41) is 13.2. The van der Waals surface area contributed by atoms with E-state index in [-0.39, 0.29) is 6.10 Å². The Bertz CT molecular complexity index is 487. The van der Waals surface area contributed by atoms with Crippen molar-refractivity contribution in [2.75, 3.05) is 13.2 Å². The van der Waals surface area contributed by atoms with E-state index >= 15 is 0 Å². The van der Waals surface area contributed by atoms with Crippen molar-refractivity contribution in [3.05, 3.63) is 29.3 Å². The van der Waals surface area contributed by atoms with E-state index in [0.29, 0.717) is 18.4 Å². The fraction of sp³-hybridized carbons (Fsp3) is 0.625. The summed E-state index contributed by atoms with van der Waals surface area (Å²) in [6.45, 7) is 5.35. The van der Waals surface area contributed by atoms with Gasteiger partial charge in [-0.3, -0.25) is 0 Å². The zero-order valence-corrected chi connectivity index (χ0v) is 12.2. The molecule has 2 atom stereocenters. The van der Waals surface area contributed by atoms with Crippen molar-refractivity contribution in [1.82, 2.24) is 5.32 Å². The highest BCUT2D eigenvalue weighted by atomic mass is 16.7. The molecular formula is C16H23NO3. The van der Waals surface area contributed by atoms with Crippen LogP contribution in [-0.2, 0) is 15.9 Å². The fourth-order valence-corrected chi connectivity index (χ4v) is 3.15. The molecule has 0 amide bonds. The number of ether oxygens (including phenoxy) is 2. The molecule has 0 spiro atoms. The van der Waals surface area contributed by atoms with Crippen molar-refractivity contribution in [1.29, 1.82) is 0 Å². The van der Waals surface area contributed by atoms with Crippen molar-refractivity contribution in [3.63, 3.8) is 0 Å². The molecule has 1 aliphatic carbocycles. The van der Waals surface area contributed by atoms with Gasteiger partial charge in [-0.2, -0.15) is 0 Å². The molecule has 0 aromatic heterocycles. The molecule has 1 aromatic rings. The van der Waals surface area contributed by atoms with Gasteiger partial charge in [0.25, 0.3) is 0 Å². The first kappa shape index (κ1) is 13.9. The van der Waals surface area contributed by atoms with E-state index in [9.17, 15) is 5.11 Å². The van der Waals surface area contributed by atoms with E-state index in [1.54, 1.807) is 6.07 Å². The summed E-state index contributed by atoms with van der Waals surface area (Å²) in [6, 6.07) is 6.06. The fourth-order valence-electron chi connectivity index (χ4n) is 3.15. The second kappa shape index (κ2) is 5.35. The van der Waals surface area contributed by atoms with E-state index in [1.165, 1.54) is 11.1 Å². The molecule has 4 heteroatoms. The maximum absolute atomic E-state index is 9.58. The Morgan fingerprint density at radius 2 is 2.25 bits per heavy atom. The Hall–Kier alpha value is -1.10. The minimum absolute atomic E-state index is 0.118. The van der Waals surface area contributed by atoms with E-state index in [1.807, 2.05) is 26.0 Å². The monoisotopic (exact) mass is 277 g/mol. The lowest BCUT2D eigenvalue weighted by Crippen LogP contribution is -2.34. The standard InChI is InChI=1S/C16H23NO3/c1-16(2)19-10-13(20-16)9-17-15-5-3-4-11-8-12(18)6-7-14(11)15/h6-8,13,15,17-18H,3-5,9-10H2,1-2H3. The summed E-state index contributed by atoms with van der Waals surface area (Å²) in [5.74, 6) is -0.0959. The van der Waals surface area contributed by atoms with Crippen LogP contribution in [0.4, 0.5) is 0 Å². The average molecular weight is 277 g/mol. The Kier molecular flexibility index (Phi) is 3.71. The first-order chi connectivity index (χ1) is 9.53. The van der Waals surface area contributed by atoms with Crippen LogP contribution in [0.1, 0.15) is 43.9 Å². The van der Waals surface area contributed by atoms with Gasteiger partial charge >= 0.3 is 0 Å². The lowest BCUT2D eigenvalue weighted by atomic mass is 9.87. The van der Waals surface area contributed by atoms with Gasteiger partial charge in [0.2, 0.25) is 0 Å². The van der Waals surface area contributed by atoms with E-state index in [2.05, 4.69) is 5.32 Å². The third-order valence-corrected chi connectivity index (χ3v) is 4.10. The molecule has 3 rings (SSSR count). The van der Waals surface area contributed by atoms with Crippen LogP contribution in [0.3, 0.4) is 0 Å². The van der Waals surface area contributed by atoms with Crippen molar-refractivity contribution >= 4 is 0 Å². The number of aryl methyl sites for hydroxylation is 1. The molecule has 1 heterocycles. The number of nitrogens with one attached hydrogen (secondary N) is 1. The zero-order valence-electron chi connectivity index (χ0n) is 12.2. The molecule has 1 aromatic carbocycles. The molecule has 1 saturated heterocycles. The Morgan fingerprint density at radius 1 is 1.40 bits per heavy atom. The van der Waals surface area contributed by atoms with Gasteiger partial charge < -0.3 is 19.9 Å². The predicted octanol–water partition coefficient (Wildman–Crippen LogP) is 2.51. The smallest absolute Gasteiger partial charge is 0.163 e. The molecule has 0 radical (unpaired) electrons. The lowest BCUT2D eigenvalue weighted by Gasteiger charge is -2.27. The lowest BCUT2D eigenvalue weighted by molar-refractivity contribution is -0.137. The minimum atomic E-state index is -0.456. The first-order valence-corrected chi connectivity index (χ1v) is 7.40. The van der Waals surface area contributed by atoms with Gasteiger partial charge in [-0.25, -0.2) is 0 Å². The Morgan fingerprint density at radius 3 is 3.00 bits per heavy atom. The van der Waals surface area contributed by atoms with Crippen molar-refractivity contribution in [3.8, 4) is 5.75 Å². The molecular weight excluding hydrogens is 254 g/mol. The summed E-state index contributed by atoms with van der Waals surface area (Å²) >= 11 is 0. The van der Waals surface area contributed by atoms with Gasteiger partial charge in [-0.15, -0.1) is 0 Å². The number of hydrogen-bond donors (Lipinski definition) is 2. The van der Waals surface area contributed by atoms with Gasteiger partial charge in [-0.05, 0) is 56.4 Å². The second-order valence-electron chi connectivity index (χ2n) is 6.19. The number of phenols is 1. The molecule has 0 bridgehead atoms. The predicted molar refractivity (Wildman–Crippen MR) is 76.7 cm³/mol. The third kappa shape index (κ3) is 2.97. The summed E-state index contributed by atoms with van der Waals surface area (Å²) in [5.41, 5.74) is 2.57. The molecule has 110 valence electrons. The van der Waals surface area contributed by atoms with Crippen LogP contribution in [0.5, 0.6) is 5.75 Å². The first-order valence-electron chi connectivity index (χ1n) is 7.40. The number of hydrogen-bond acceptors (Lipinski definition) is 4. The molecule has 20 heavy (non-hydrogen) atoms. The molecule has 2 aliphatic rings. The quantitative estimate of drug-likeness (QED) is 0.891. The molecule has 2 unspecified atom stereocenters. The van der Waals surface area contributed by atoms with E-state index in [4.69, 9.17) is 9.47 Å². The molecule has 0 saturated carbocycles. The van der Waals surface area contributed by atoms with Crippen LogP contribution >= 0.6 is 0 Å². The van der Waals surface area contributed by atoms with Crippen LogP contribution in [0, 0.1) is 0 Å². The van der Waals surface area contributed by atoms with Crippen LogP contribution in [-0.4, -0.2) is 30.1 Å². The largest absolute Gasteiger partial charge is 0.508 e. The number of fused-ring (bicyclic) bond motifs is 1. The molecule has 4 nitrogen and oxygen atoms in total. The Labute approximate surface area is 120 Å². The van der Waals surface area contributed by atoms with Gasteiger partial charge in [-0.1, -0.05) is 6.07 Å². The van der Waals surface area contributed by atoms with Gasteiger partial charge in [0.05, 0.1) is 12.7 Å². The maximum atomic E-state index is 9.58. The molecule has 1 fully saturated rings. The van der Waals surface area contributed by atoms with Gasteiger partial charge in [0, 0.05) is 12.6 Å². The highest BCUT2D eigenvalue weighted by Gasteiger charge is 2.33. The summed E-state index contributed by atoms with van der Waals surface area (Å²) < 4.78 is 11.4.